The van der Waals surface area contributed by atoms with Crippen LogP contribution in [0.15, 0.2) is 58.3 Å². The SMILES string of the molecule is C=CCOc1cccc(C2c3c(oc4cc(C)c(Cl)cc4c3=O)C(=O)N2CCCN(CC)CC)c1. The minimum atomic E-state index is -0.567. The van der Waals surface area contributed by atoms with Crippen LogP contribution in [0.4, 0.5) is 0 Å². The van der Waals surface area contributed by atoms with E-state index in [9.17, 15) is 9.59 Å². The van der Waals surface area contributed by atoms with Gasteiger partial charge in [0.2, 0.25) is 5.76 Å². The Morgan fingerprint density at radius 1 is 1.20 bits per heavy atom. The van der Waals surface area contributed by atoms with Crippen molar-refractivity contribution in [2.24, 2.45) is 0 Å². The summed E-state index contributed by atoms with van der Waals surface area (Å²) in [7, 11) is 0. The molecule has 0 saturated carbocycles. The first-order valence-corrected chi connectivity index (χ1v) is 12.4. The number of carbonyl (C=O) groups excluding carboxylic acids is 1. The highest BCUT2D eigenvalue weighted by atomic mass is 35.5. The first-order chi connectivity index (χ1) is 16.9. The quantitative estimate of drug-likeness (QED) is 0.343. The van der Waals surface area contributed by atoms with Gasteiger partial charge in [0.1, 0.15) is 17.9 Å². The molecule has 1 aromatic heterocycles. The van der Waals surface area contributed by atoms with Crippen molar-refractivity contribution in [2.75, 3.05) is 32.8 Å². The number of nitrogens with zero attached hydrogens (tertiary/aromatic N) is 2. The van der Waals surface area contributed by atoms with E-state index in [1.807, 2.05) is 31.2 Å². The smallest absolute Gasteiger partial charge is 0.290 e. The van der Waals surface area contributed by atoms with Crippen LogP contribution in [-0.4, -0.2) is 48.5 Å². The van der Waals surface area contributed by atoms with Crippen molar-refractivity contribution in [1.82, 2.24) is 9.80 Å². The summed E-state index contributed by atoms with van der Waals surface area (Å²) in [5, 5.41) is 0.864. The predicted octanol–water partition coefficient (Wildman–Crippen LogP) is 5.60. The van der Waals surface area contributed by atoms with Crippen LogP contribution in [0.5, 0.6) is 5.75 Å². The van der Waals surface area contributed by atoms with Crippen LogP contribution in [0, 0.1) is 6.92 Å². The molecule has 35 heavy (non-hydrogen) atoms. The molecule has 1 aliphatic heterocycles. The maximum Gasteiger partial charge on any atom is 0.290 e. The summed E-state index contributed by atoms with van der Waals surface area (Å²) in [4.78, 5) is 31.4. The molecule has 0 radical (unpaired) electrons. The van der Waals surface area contributed by atoms with Crippen molar-refractivity contribution in [2.45, 2.75) is 33.2 Å². The topological polar surface area (TPSA) is 63.0 Å². The molecule has 2 aromatic carbocycles. The van der Waals surface area contributed by atoms with Gasteiger partial charge in [-0.05, 0) is 68.4 Å². The standard InChI is InChI=1S/C28H31ClN2O4/c1-5-14-34-20-11-8-10-19(16-20)25-24-26(32)21-17-22(29)18(4)15-23(21)35-27(24)28(33)31(25)13-9-12-30(6-2)7-3/h5,8,10-11,15-17,25H,1,6-7,9,12-14H2,2-4H3. The molecule has 0 fully saturated rings. The van der Waals surface area contributed by atoms with Gasteiger partial charge in [-0.25, -0.2) is 0 Å². The number of hydrogen-bond donors (Lipinski definition) is 0. The maximum absolute atomic E-state index is 13.7. The van der Waals surface area contributed by atoms with Gasteiger partial charge in [0.15, 0.2) is 5.43 Å². The van der Waals surface area contributed by atoms with Crippen LogP contribution in [-0.2, 0) is 0 Å². The zero-order chi connectivity index (χ0) is 25.1. The van der Waals surface area contributed by atoms with Crippen LogP contribution in [0.1, 0.15) is 53.6 Å². The minimum Gasteiger partial charge on any atom is -0.490 e. The molecule has 0 bridgehead atoms. The third-order valence-corrected chi connectivity index (χ3v) is 6.96. The molecule has 184 valence electrons. The fourth-order valence-corrected chi connectivity index (χ4v) is 4.82. The second-order valence-corrected chi connectivity index (χ2v) is 9.13. The number of ether oxygens (including phenoxy) is 1. The zero-order valence-corrected chi connectivity index (χ0v) is 21.2. The number of hydrogen-bond acceptors (Lipinski definition) is 5. The fourth-order valence-electron chi connectivity index (χ4n) is 4.65. The number of benzene rings is 2. The van der Waals surface area contributed by atoms with Crippen molar-refractivity contribution in [3.8, 4) is 5.75 Å². The van der Waals surface area contributed by atoms with Gasteiger partial charge in [0.25, 0.3) is 5.91 Å². The third kappa shape index (κ3) is 4.86. The Morgan fingerprint density at radius 2 is 1.97 bits per heavy atom. The lowest BCUT2D eigenvalue weighted by Gasteiger charge is -2.27. The van der Waals surface area contributed by atoms with E-state index >= 15 is 0 Å². The van der Waals surface area contributed by atoms with E-state index in [0.717, 1.165) is 37.2 Å². The van der Waals surface area contributed by atoms with E-state index in [1.165, 1.54) is 0 Å². The average Bonchev–Trinajstić information content (AvgIpc) is 3.14. The lowest BCUT2D eigenvalue weighted by atomic mass is 9.98. The van der Waals surface area contributed by atoms with E-state index in [4.69, 9.17) is 20.8 Å². The summed E-state index contributed by atoms with van der Waals surface area (Å²) in [6, 6.07) is 10.3. The van der Waals surface area contributed by atoms with Gasteiger partial charge < -0.3 is 19.0 Å². The van der Waals surface area contributed by atoms with Crippen LogP contribution >= 0.6 is 11.6 Å². The van der Waals surface area contributed by atoms with Crippen molar-refractivity contribution >= 4 is 28.5 Å². The molecule has 7 heteroatoms. The normalized spacial score (nSPS) is 15.2. The molecule has 0 spiro atoms. The molecule has 0 aliphatic carbocycles. The first kappa shape index (κ1) is 25.0. The highest BCUT2D eigenvalue weighted by Gasteiger charge is 2.42. The molecule has 1 unspecified atom stereocenters. The molecule has 0 N–H and O–H groups in total. The van der Waals surface area contributed by atoms with Gasteiger partial charge >= 0.3 is 0 Å². The Bertz CT molecular complexity index is 1310. The maximum atomic E-state index is 13.7. The summed E-state index contributed by atoms with van der Waals surface area (Å²) in [5.74, 6) is 0.485. The summed E-state index contributed by atoms with van der Waals surface area (Å²) in [5.41, 5.74) is 2.07. The lowest BCUT2D eigenvalue weighted by Crippen LogP contribution is -2.33. The number of aryl methyl sites for hydroxylation is 1. The van der Waals surface area contributed by atoms with Crippen molar-refractivity contribution in [1.29, 1.82) is 0 Å². The number of amides is 1. The average molecular weight is 495 g/mol. The van der Waals surface area contributed by atoms with Gasteiger partial charge in [0.05, 0.1) is 17.0 Å². The molecule has 1 amide bonds. The lowest BCUT2D eigenvalue weighted by molar-refractivity contribution is 0.0720. The van der Waals surface area contributed by atoms with E-state index < -0.39 is 6.04 Å². The van der Waals surface area contributed by atoms with Crippen LogP contribution < -0.4 is 10.2 Å². The summed E-state index contributed by atoms with van der Waals surface area (Å²) >= 11 is 6.33. The Kier molecular flexibility index (Phi) is 7.63. The Morgan fingerprint density at radius 3 is 2.69 bits per heavy atom. The highest BCUT2D eigenvalue weighted by molar-refractivity contribution is 6.32. The first-order valence-electron chi connectivity index (χ1n) is 12.0. The van der Waals surface area contributed by atoms with Crippen molar-refractivity contribution in [3.05, 3.63) is 86.7 Å². The minimum absolute atomic E-state index is 0.106. The third-order valence-electron chi connectivity index (χ3n) is 6.56. The summed E-state index contributed by atoms with van der Waals surface area (Å²) in [6.07, 6.45) is 2.45. The molecule has 2 heterocycles. The van der Waals surface area contributed by atoms with Gasteiger partial charge in [-0.2, -0.15) is 0 Å². The predicted molar refractivity (Wildman–Crippen MR) is 140 cm³/mol. The second-order valence-electron chi connectivity index (χ2n) is 8.73. The number of halogens is 1. The second kappa shape index (κ2) is 10.7. The van der Waals surface area contributed by atoms with Gasteiger partial charge in [-0.3, -0.25) is 9.59 Å². The van der Waals surface area contributed by atoms with E-state index in [1.54, 1.807) is 23.1 Å². The van der Waals surface area contributed by atoms with E-state index in [0.29, 0.717) is 40.5 Å². The molecule has 1 aliphatic rings. The van der Waals surface area contributed by atoms with Gasteiger partial charge in [0, 0.05) is 11.6 Å². The zero-order valence-electron chi connectivity index (χ0n) is 20.5. The number of rotatable bonds is 10. The monoisotopic (exact) mass is 494 g/mol. The van der Waals surface area contributed by atoms with Gasteiger partial charge in [-0.1, -0.05) is 50.2 Å². The molecular formula is C28H31ClN2O4. The molecule has 1 atom stereocenters. The van der Waals surface area contributed by atoms with E-state index in [-0.39, 0.29) is 17.1 Å². The Labute approximate surface area is 210 Å². The molecule has 0 saturated heterocycles. The largest absolute Gasteiger partial charge is 0.490 e. The van der Waals surface area contributed by atoms with Crippen LogP contribution in [0.2, 0.25) is 5.02 Å². The Hall–Kier alpha value is -3.09. The molecular weight excluding hydrogens is 464 g/mol. The molecule has 4 rings (SSSR count). The van der Waals surface area contributed by atoms with Crippen molar-refractivity contribution in [3.63, 3.8) is 0 Å². The fraction of sp³-hybridized carbons (Fsp3) is 0.357. The summed E-state index contributed by atoms with van der Waals surface area (Å²) < 4.78 is 11.8. The number of carbonyl (C=O) groups is 1. The Balaban J connectivity index is 1.82. The van der Waals surface area contributed by atoms with Crippen LogP contribution in [0.25, 0.3) is 11.0 Å². The summed E-state index contributed by atoms with van der Waals surface area (Å²) in [6.45, 7) is 13.4. The highest BCUT2D eigenvalue weighted by Crippen LogP contribution is 2.39. The van der Waals surface area contributed by atoms with Gasteiger partial charge in [-0.15, -0.1) is 0 Å². The van der Waals surface area contributed by atoms with Crippen molar-refractivity contribution < 1.29 is 13.9 Å². The van der Waals surface area contributed by atoms with E-state index in [2.05, 4.69) is 25.3 Å². The number of fused-ring (bicyclic) bond motifs is 2. The molecule has 3 aromatic rings. The molecule has 6 nitrogen and oxygen atoms in total. The van der Waals surface area contributed by atoms with Crippen LogP contribution in [0.3, 0.4) is 0 Å².